The molecule has 1 unspecified atom stereocenters. The number of fused-ring (bicyclic) bond motifs is 1. The summed E-state index contributed by atoms with van der Waals surface area (Å²) in [7, 11) is 0. The molecule has 168 valence electrons. The Morgan fingerprint density at radius 1 is 1.27 bits per heavy atom. The molecule has 0 aliphatic carbocycles. The van der Waals surface area contributed by atoms with Crippen LogP contribution in [0.5, 0.6) is 0 Å². The van der Waals surface area contributed by atoms with Gasteiger partial charge in [-0.25, -0.2) is 14.5 Å². The van der Waals surface area contributed by atoms with Crippen LogP contribution in [0, 0.1) is 32.1 Å². The summed E-state index contributed by atoms with van der Waals surface area (Å²) in [4.78, 5) is 18.6. The molecule has 5 rings (SSSR count). The molecule has 3 aromatic rings. The van der Waals surface area contributed by atoms with E-state index in [1.54, 1.807) is 10.9 Å². The van der Waals surface area contributed by atoms with E-state index >= 15 is 0 Å². The molecule has 2 aliphatic heterocycles. The lowest BCUT2D eigenvalue weighted by molar-refractivity contribution is -0.0333. The van der Waals surface area contributed by atoms with Crippen LogP contribution in [0.3, 0.4) is 0 Å². The van der Waals surface area contributed by atoms with Crippen molar-refractivity contribution in [2.75, 3.05) is 19.7 Å². The summed E-state index contributed by atoms with van der Waals surface area (Å²) in [5, 5.41) is 13.8. The Hall–Kier alpha value is -3.54. The van der Waals surface area contributed by atoms with E-state index in [-0.39, 0.29) is 12.1 Å². The first-order valence-corrected chi connectivity index (χ1v) is 11.0. The van der Waals surface area contributed by atoms with E-state index in [1.165, 1.54) is 0 Å². The molecule has 2 aromatic heterocycles. The van der Waals surface area contributed by atoms with Crippen LogP contribution in [0.15, 0.2) is 30.6 Å². The lowest BCUT2D eigenvalue weighted by Crippen LogP contribution is -2.38. The topological polar surface area (TPSA) is 93.3 Å². The molecule has 1 fully saturated rings. The van der Waals surface area contributed by atoms with Gasteiger partial charge in [0.25, 0.3) is 0 Å². The molecular weight excluding hydrogens is 418 g/mol. The maximum absolute atomic E-state index is 11.9. The summed E-state index contributed by atoms with van der Waals surface area (Å²) in [6, 6.07) is 7.88. The number of morpholine rings is 1. The van der Waals surface area contributed by atoms with Crippen molar-refractivity contribution < 1.29 is 14.3 Å². The number of aryl methyl sites for hydroxylation is 2. The summed E-state index contributed by atoms with van der Waals surface area (Å²) >= 11 is 0. The number of hydrogen-bond acceptors (Lipinski definition) is 7. The lowest BCUT2D eigenvalue weighted by atomic mass is 9.94. The number of carbonyl (C=O) groups is 1. The molecule has 33 heavy (non-hydrogen) atoms. The van der Waals surface area contributed by atoms with Crippen LogP contribution in [-0.4, -0.2) is 45.3 Å². The van der Waals surface area contributed by atoms with Crippen LogP contribution in [0.1, 0.15) is 55.5 Å². The number of rotatable bonds is 4. The first kappa shape index (κ1) is 21.3. The second kappa shape index (κ2) is 8.43. The minimum absolute atomic E-state index is 0.0575. The molecule has 1 aromatic carbocycles. The maximum Gasteiger partial charge on any atom is 0.338 e. The zero-order valence-corrected chi connectivity index (χ0v) is 19.0. The zero-order chi connectivity index (χ0) is 23.1. The van der Waals surface area contributed by atoms with Crippen molar-refractivity contribution in [3.63, 3.8) is 0 Å². The first-order chi connectivity index (χ1) is 15.9. The van der Waals surface area contributed by atoms with Gasteiger partial charge in [0.15, 0.2) is 5.82 Å². The van der Waals surface area contributed by atoms with E-state index in [0.29, 0.717) is 30.2 Å². The molecule has 1 saturated heterocycles. The summed E-state index contributed by atoms with van der Waals surface area (Å²) in [6.07, 6.45) is 3.54. The molecule has 8 nitrogen and oxygen atoms in total. The minimum atomic E-state index is -0.245. The third-order valence-corrected chi connectivity index (χ3v) is 6.55. The van der Waals surface area contributed by atoms with E-state index in [4.69, 9.17) is 14.7 Å². The highest BCUT2D eigenvalue weighted by Crippen LogP contribution is 2.32. The monoisotopic (exact) mass is 443 g/mol. The molecule has 0 amide bonds. The van der Waals surface area contributed by atoms with E-state index in [1.807, 2.05) is 45.2 Å². The van der Waals surface area contributed by atoms with Gasteiger partial charge < -0.3 is 9.47 Å². The smallest absolute Gasteiger partial charge is 0.338 e. The number of nitriles is 1. The lowest BCUT2D eigenvalue weighted by Gasteiger charge is -2.34. The molecular formula is C25H25N5O3. The van der Waals surface area contributed by atoms with Gasteiger partial charge in [-0.1, -0.05) is 6.07 Å². The number of cyclic esters (lactones) is 1. The Kier molecular flexibility index (Phi) is 5.44. The van der Waals surface area contributed by atoms with Gasteiger partial charge in [0, 0.05) is 43.2 Å². The van der Waals surface area contributed by atoms with Crippen molar-refractivity contribution in [2.45, 2.75) is 40.0 Å². The average molecular weight is 444 g/mol. The Bertz CT molecular complexity index is 1290. The SMILES string of the molecule is Cc1cc(-n2cc(CN3CCOC(c4ccc5c(c4C)COC5=O)C3)c(C)n2)ncc1C#N. The van der Waals surface area contributed by atoms with Crippen molar-refractivity contribution in [2.24, 2.45) is 0 Å². The number of pyridine rings is 1. The Morgan fingerprint density at radius 3 is 2.91 bits per heavy atom. The van der Waals surface area contributed by atoms with Crippen molar-refractivity contribution in [1.82, 2.24) is 19.7 Å². The fourth-order valence-corrected chi connectivity index (χ4v) is 4.54. The summed E-state index contributed by atoms with van der Waals surface area (Å²) in [5.74, 6) is 0.455. The molecule has 8 heteroatoms. The predicted octanol–water partition coefficient (Wildman–Crippen LogP) is 3.31. The molecule has 0 bridgehead atoms. The maximum atomic E-state index is 11.9. The summed E-state index contributed by atoms with van der Waals surface area (Å²) in [5.41, 5.74) is 7.36. The van der Waals surface area contributed by atoms with Gasteiger partial charge in [-0.15, -0.1) is 0 Å². The van der Waals surface area contributed by atoms with Crippen molar-refractivity contribution in [3.8, 4) is 11.9 Å². The molecule has 0 N–H and O–H groups in total. The van der Waals surface area contributed by atoms with E-state index < -0.39 is 0 Å². The van der Waals surface area contributed by atoms with Gasteiger partial charge in [-0.3, -0.25) is 4.90 Å². The van der Waals surface area contributed by atoms with Crippen molar-refractivity contribution in [3.05, 3.63) is 75.2 Å². The molecule has 1 atom stereocenters. The quantitative estimate of drug-likeness (QED) is 0.571. The third kappa shape index (κ3) is 3.90. The van der Waals surface area contributed by atoms with Crippen molar-refractivity contribution in [1.29, 1.82) is 5.26 Å². The van der Waals surface area contributed by atoms with Crippen LogP contribution < -0.4 is 0 Å². The zero-order valence-electron chi connectivity index (χ0n) is 19.0. The number of benzene rings is 1. The van der Waals surface area contributed by atoms with Crippen molar-refractivity contribution >= 4 is 5.97 Å². The van der Waals surface area contributed by atoms with E-state index in [0.717, 1.165) is 53.1 Å². The van der Waals surface area contributed by atoms with E-state index in [2.05, 4.69) is 21.1 Å². The Morgan fingerprint density at radius 2 is 2.12 bits per heavy atom. The van der Waals surface area contributed by atoms with Gasteiger partial charge in [0.1, 0.15) is 12.7 Å². The van der Waals surface area contributed by atoms with Crippen LogP contribution >= 0.6 is 0 Å². The third-order valence-electron chi connectivity index (χ3n) is 6.55. The number of nitrogens with zero attached hydrogens (tertiary/aromatic N) is 5. The highest BCUT2D eigenvalue weighted by atomic mass is 16.5. The number of hydrogen-bond donors (Lipinski definition) is 0. The second-order valence-electron chi connectivity index (χ2n) is 8.63. The largest absolute Gasteiger partial charge is 0.457 e. The number of carbonyl (C=O) groups excluding carboxylic acids is 1. The van der Waals surface area contributed by atoms with Crippen LogP contribution in [-0.2, 0) is 22.6 Å². The molecule has 0 radical (unpaired) electrons. The molecule has 0 spiro atoms. The summed E-state index contributed by atoms with van der Waals surface area (Å²) in [6.45, 7) is 9.27. The predicted molar refractivity (Wildman–Crippen MR) is 120 cm³/mol. The number of ether oxygens (including phenoxy) is 2. The average Bonchev–Trinajstić information content (AvgIpc) is 3.37. The number of esters is 1. The Balaban J connectivity index is 1.33. The second-order valence-corrected chi connectivity index (χ2v) is 8.63. The van der Waals surface area contributed by atoms with E-state index in [9.17, 15) is 4.79 Å². The van der Waals surface area contributed by atoms with Gasteiger partial charge in [-0.05, 0) is 49.6 Å². The molecule has 0 saturated carbocycles. The van der Waals surface area contributed by atoms with Gasteiger partial charge in [-0.2, -0.15) is 10.4 Å². The highest BCUT2D eigenvalue weighted by molar-refractivity contribution is 5.93. The summed E-state index contributed by atoms with van der Waals surface area (Å²) < 4.78 is 13.1. The molecule has 4 heterocycles. The number of aromatic nitrogens is 3. The van der Waals surface area contributed by atoms with Gasteiger partial charge >= 0.3 is 5.97 Å². The first-order valence-electron chi connectivity index (χ1n) is 11.0. The normalized spacial score (nSPS) is 18.1. The highest BCUT2D eigenvalue weighted by Gasteiger charge is 2.29. The fraction of sp³-hybridized carbons (Fsp3) is 0.360. The minimum Gasteiger partial charge on any atom is -0.457 e. The van der Waals surface area contributed by atoms with Crippen LogP contribution in [0.2, 0.25) is 0 Å². The van der Waals surface area contributed by atoms with Gasteiger partial charge in [0.2, 0.25) is 0 Å². The van der Waals surface area contributed by atoms with Crippen LogP contribution in [0.25, 0.3) is 5.82 Å². The van der Waals surface area contributed by atoms with Crippen LogP contribution in [0.4, 0.5) is 0 Å². The molecule has 2 aliphatic rings. The fourth-order valence-electron chi connectivity index (χ4n) is 4.54. The standard InChI is InChI=1S/C25H25N5O3/c1-15-8-24(27-10-18(15)9-26)30-12-19(17(3)28-30)11-29-6-7-32-23(13-29)20-4-5-21-22(16(20)2)14-33-25(21)31/h4-5,8,10,12,23H,6-7,11,13-14H2,1-3H3. The van der Waals surface area contributed by atoms with Gasteiger partial charge in [0.05, 0.1) is 29.5 Å². The Labute approximate surface area is 192 Å².